The molecule has 8 nitrogen and oxygen atoms in total. The van der Waals surface area contributed by atoms with Crippen LogP contribution in [-0.2, 0) is 23.9 Å². The summed E-state index contributed by atoms with van der Waals surface area (Å²) in [5, 5.41) is 10.6. The van der Waals surface area contributed by atoms with Gasteiger partial charge in [0, 0.05) is 17.4 Å². The molecule has 3 saturated heterocycles. The van der Waals surface area contributed by atoms with E-state index in [4.69, 9.17) is 9.47 Å². The number of fused-ring (bicyclic) bond motifs is 1. The zero-order valence-corrected chi connectivity index (χ0v) is 24.3. The van der Waals surface area contributed by atoms with Crippen molar-refractivity contribution in [3.63, 3.8) is 0 Å². The van der Waals surface area contributed by atoms with Crippen molar-refractivity contribution in [2.45, 2.75) is 74.2 Å². The molecule has 1 aromatic carbocycles. The van der Waals surface area contributed by atoms with E-state index in [1.165, 1.54) is 4.90 Å². The highest BCUT2D eigenvalue weighted by molar-refractivity contribution is 9.09. The van der Waals surface area contributed by atoms with Crippen molar-refractivity contribution < 1.29 is 29.0 Å². The molecular weight excluding hydrogens is 564 g/mol. The van der Waals surface area contributed by atoms with Gasteiger partial charge in [-0.3, -0.25) is 14.4 Å². The molecule has 9 heteroatoms. The van der Waals surface area contributed by atoms with Crippen molar-refractivity contribution in [3.05, 3.63) is 61.2 Å². The topological polar surface area (TPSA) is 96.4 Å². The highest BCUT2D eigenvalue weighted by Gasteiger charge is 2.77. The SMILES string of the molecule is C=CCCOC(=O)[C@H]1[C@@H]2OC3(CC2Br)C(C(=O)N(CC=C)C(C)CCC)N([C@H](CO)c2ccccc2)C(=O)[C@H]13. The maximum Gasteiger partial charge on any atom is 0.312 e. The Kier molecular flexibility index (Phi) is 9.34. The third kappa shape index (κ3) is 5.09. The van der Waals surface area contributed by atoms with Gasteiger partial charge in [0.2, 0.25) is 11.8 Å². The molecule has 3 fully saturated rings. The number of carbonyl (C=O) groups excluding carboxylic acids is 3. The number of likely N-dealkylation sites (tertiary alicyclic amines) is 1. The molecule has 3 aliphatic rings. The molecule has 4 unspecified atom stereocenters. The normalized spacial score (nSPS) is 30.5. The van der Waals surface area contributed by atoms with Crippen molar-refractivity contribution >= 4 is 33.7 Å². The van der Waals surface area contributed by atoms with Gasteiger partial charge in [0.15, 0.2) is 0 Å². The lowest BCUT2D eigenvalue weighted by molar-refractivity contribution is -0.156. The van der Waals surface area contributed by atoms with Crippen molar-refractivity contribution in [2.24, 2.45) is 11.8 Å². The van der Waals surface area contributed by atoms with Gasteiger partial charge in [-0.15, -0.1) is 13.2 Å². The molecular formula is C30H39BrN2O6. The van der Waals surface area contributed by atoms with Gasteiger partial charge in [0.05, 0.1) is 37.2 Å². The summed E-state index contributed by atoms with van der Waals surface area (Å²) in [4.78, 5) is 45.3. The van der Waals surface area contributed by atoms with E-state index in [1.54, 1.807) is 17.1 Å². The van der Waals surface area contributed by atoms with Crippen LogP contribution in [0.5, 0.6) is 0 Å². The fourth-order valence-electron chi connectivity index (χ4n) is 6.68. The number of esters is 1. The van der Waals surface area contributed by atoms with E-state index in [0.29, 0.717) is 24.9 Å². The predicted molar refractivity (Wildman–Crippen MR) is 151 cm³/mol. The summed E-state index contributed by atoms with van der Waals surface area (Å²) in [6.07, 6.45) is 5.28. The van der Waals surface area contributed by atoms with E-state index in [0.717, 1.165) is 12.8 Å². The average Bonchev–Trinajstić information content (AvgIpc) is 3.52. The highest BCUT2D eigenvalue weighted by atomic mass is 79.9. The molecule has 4 rings (SSSR count). The van der Waals surface area contributed by atoms with E-state index in [2.05, 4.69) is 36.0 Å². The monoisotopic (exact) mass is 602 g/mol. The van der Waals surface area contributed by atoms with Crippen molar-refractivity contribution in [1.82, 2.24) is 9.80 Å². The second-order valence-electron chi connectivity index (χ2n) is 10.7. The Morgan fingerprint density at radius 1 is 1.31 bits per heavy atom. The minimum atomic E-state index is -1.23. The van der Waals surface area contributed by atoms with Gasteiger partial charge in [-0.1, -0.05) is 71.8 Å². The van der Waals surface area contributed by atoms with Gasteiger partial charge in [-0.2, -0.15) is 0 Å². The third-order valence-electron chi connectivity index (χ3n) is 8.34. The van der Waals surface area contributed by atoms with Crippen LogP contribution in [-0.4, -0.2) is 81.1 Å². The van der Waals surface area contributed by atoms with Gasteiger partial charge in [0.1, 0.15) is 11.6 Å². The van der Waals surface area contributed by atoms with E-state index in [-0.39, 0.29) is 35.9 Å². The number of carbonyl (C=O) groups is 3. The van der Waals surface area contributed by atoms with Crippen molar-refractivity contribution in [2.75, 3.05) is 19.8 Å². The summed E-state index contributed by atoms with van der Waals surface area (Å²) in [7, 11) is 0. The minimum absolute atomic E-state index is 0.102. The van der Waals surface area contributed by atoms with Crippen LogP contribution in [0.3, 0.4) is 0 Å². The molecule has 212 valence electrons. The Labute approximate surface area is 239 Å². The number of halogens is 1. The Hall–Kier alpha value is -2.49. The minimum Gasteiger partial charge on any atom is -0.465 e. The van der Waals surface area contributed by atoms with Crippen LogP contribution in [0.4, 0.5) is 0 Å². The molecule has 0 saturated carbocycles. The standard InChI is InChI=1S/C30H39BrN2O6/c1-5-8-16-38-29(37)23-24-27(35)33(22(18-34)20-13-10-9-11-14-20)26(30(24)17-21(31)25(23)39-30)28(36)32(15-7-3)19(4)12-6-2/h5,7,9-11,13-14,19,21-26,34H,1,3,6,8,12,15-18H2,2,4H3/t19?,21?,22-,23-,24+,25-,26?,30?/m1/s1. The fourth-order valence-corrected chi connectivity index (χ4v) is 7.62. The van der Waals surface area contributed by atoms with Crippen LogP contribution in [0, 0.1) is 11.8 Å². The Bertz CT molecular complexity index is 1080. The summed E-state index contributed by atoms with van der Waals surface area (Å²) in [5.74, 6) is -2.91. The van der Waals surface area contributed by atoms with Gasteiger partial charge in [-0.25, -0.2) is 0 Å². The molecule has 1 aromatic rings. The largest absolute Gasteiger partial charge is 0.465 e. The molecule has 0 aromatic heterocycles. The number of hydrogen-bond acceptors (Lipinski definition) is 6. The number of aliphatic hydroxyl groups excluding tert-OH is 1. The lowest BCUT2D eigenvalue weighted by atomic mass is 9.70. The average molecular weight is 604 g/mol. The fraction of sp³-hybridized carbons (Fsp3) is 0.567. The van der Waals surface area contributed by atoms with Crippen LogP contribution in [0.15, 0.2) is 55.6 Å². The molecule has 39 heavy (non-hydrogen) atoms. The van der Waals surface area contributed by atoms with E-state index in [1.807, 2.05) is 37.3 Å². The van der Waals surface area contributed by atoms with E-state index < -0.39 is 41.6 Å². The number of amides is 2. The second kappa shape index (κ2) is 12.4. The highest BCUT2D eigenvalue weighted by Crippen LogP contribution is 2.61. The quantitative estimate of drug-likeness (QED) is 0.160. The van der Waals surface area contributed by atoms with Crippen LogP contribution in [0.25, 0.3) is 0 Å². The Morgan fingerprint density at radius 3 is 2.64 bits per heavy atom. The molecule has 3 heterocycles. The van der Waals surface area contributed by atoms with Crippen LogP contribution in [0.1, 0.15) is 51.1 Å². The molecule has 3 aliphatic heterocycles. The van der Waals surface area contributed by atoms with E-state index in [9.17, 15) is 19.5 Å². The first-order valence-electron chi connectivity index (χ1n) is 13.8. The number of ether oxygens (including phenoxy) is 2. The molecule has 1 N–H and O–H groups in total. The summed E-state index contributed by atoms with van der Waals surface area (Å²) in [6.45, 7) is 11.7. The smallest absolute Gasteiger partial charge is 0.312 e. The molecule has 0 radical (unpaired) electrons. The van der Waals surface area contributed by atoms with Crippen LogP contribution in [0.2, 0.25) is 0 Å². The van der Waals surface area contributed by atoms with Gasteiger partial charge >= 0.3 is 5.97 Å². The molecule has 1 spiro atoms. The van der Waals surface area contributed by atoms with Crippen molar-refractivity contribution in [3.8, 4) is 0 Å². The first-order chi connectivity index (χ1) is 18.8. The zero-order valence-electron chi connectivity index (χ0n) is 22.7. The van der Waals surface area contributed by atoms with E-state index >= 15 is 0 Å². The van der Waals surface area contributed by atoms with Gasteiger partial charge < -0.3 is 24.4 Å². The van der Waals surface area contributed by atoms with Crippen LogP contribution >= 0.6 is 15.9 Å². The van der Waals surface area contributed by atoms with Crippen LogP contribution < -0.4 is 0 Å². The lowest BCUT2D eigenvalue weighted by Crippen LogP contribution is -2.58. The van der Waals surface area contributed by atoms with Gasteiger partial charge in [0.25, 0.3) is 0 Å². The molecule has 0 aliphatic carbocycles. The molecule has 2 bridgehead atoms. The maximum atomic E-state index is 14.6. The summed E-state index contributed by atoms with van der Waals surface area (Å²) < 4.78 is 12.1. The first-order valence-corrected chi connectivity index (χ1v) is 14.7. The lowest BCUT2D eigenvalue weighted by Gasteiger charge is -2.41. The molecule has 2 amide bonds. The Morgan fingerprint density at radius 2 is 2.03 bits per heavy atom. The number of alkyl halides is 1. The van der Waals surface area contributed by atoms with Gasteiger partial charge in [-0.05, 0) is 31.7 Å². The summed E-state index contributed by atoms with van der Waals surface area (Å²) >= 11 is 3.69. The summed E-state index contributed by atoms with van der Waals surface area (Å²) in [6, 6.07) is 7.26. The zero-order chi connectivity index (χ0) is 28.3. The second-order valence-corrected chi connectivity index (χ2v) is 11.9. The maximum absolute atomic E-state index is 14.6. The number of rotatable bonds is 13. The number of aliphatic hydroxyl groups is 1. The summed E-state index contributed by atoms with van der Waals surface area (Å²) in [5.41, 5.74) is -0.530. The number of nitrogens with zero attached hydrogens (tertiary/aromatic N) is 2. The number of hydrogen-bond donors (Lipinski definition) is 1. The van der Waals surface area contributed by atoms with Crippen molar-refractivity contribution in [1.29, 1.82) is 0 Å². The predicted octanol–water partition coefficient (Wildman–Crippen LogP) is 3.79. The third-order valence-corrected chi connectivity index (χ3v) is 9.18. The number of benzene rings is 1. The molecule has 8 atom stereocenters. The first kappa shape index (κ1) is 29.5. The Balaban J connectivity index is 1.83.